The van der Waals surface area contributed by atoms with Crippen molar-refractivity contribution in [1.82, 2.24) is 9.80 Å². The fourth-order valence-corrected chi connectivity index (χ4v) is 4.58. The van der Waals surface area contributed by atoms with E-state index in [1.54, 1.807) is 7.05 Å². The monoisotopic (exact) mass is 381 g/mol. The van der Waals surface area contributed by atoms with Crippen molar-refractivity contribution in [3.8, 4) is 0 Å². The topological polar surface area (TPSA) is 43.9 Å². The zero-order valence-electron chi connectivity index (χ0n) is 15.9. The summed E-state index contributed by atoms with van der Waals surface area (Å²) in [6.45, 7) is 7.40. The first kappa shape index (κ1) is 17.8. The first-order chi connectivity index (χ1) is 13.0. The molecule has 0 atom stereocenters. The number of amides is 2. The number of carbonyl (C=O) groups excluding carboxylic acids is 2. The van der Waals surface area contributed by atoms with Gasteiger partial charge < -0.3 is 9.80 Å². The number of hydrogen-bond donors (Lipinski definition) is 0. The second-order valence-electron chi connectivity index (χ2n) is 7.06. The van der Waals surface area contributed by atoms with Gasteiger partial charge in [-0.2, -0.15) is 0 Å². The zero-order valence-corrected chi connectivity index (χ0v) is 16.7. The van der Waals surface area contributed by atoms with Gasteiger partial charge in [0.15, 0.2) is 0 Å². The third-order valence-electron chi connectivity index (χ3n) is 5.54. The van der Waals surface area contributed by atoms with Crippen molar-refractivity contribution in [2.45, 2.75) is 13.8 Å². The fraction of sp³-hybridized carbons (Fsp3) is 0.333. The Kier molecular flexibility index (Phi) is 4.52. The Morgan fingerprint density at radius 3 is 2.26 bits per heavy atom. The maximum Gasteiger partial charge on any atom is 0.277 e. The van der Waals surface area contributed by atoms with E-state index in [0.29, 0.717) is 11.3 Å². The highest BCUT2D eigenvalue weighted by molar-refractivity contribution is 7.11. The Morgan fingerprint density at radius 1 is 0.889 bits per heavy atom. The smallest absolute Gasteiger partial charge is 0.277 e. The van der Waals surface area contributed by atoms with E-state index in [4.69, 9.17) is 0 Å². The molecule has 1 aromatic heterocycles. The van der Waals surface area contributed by atoms with Gasteiger partial charge in [-0.15, -0.1) is 11.3 Å². The van der Waals surface area contributed by atoms with Gasteiger partial charge in [0, 0.05) is 43.8 Å². The predicted molar refractivity (Wildman–Crippen MR) is 109 cm³/mol. The summed E-state index contributed by atoms with van der Waals surface area (Å²) in [5.41, 5.74) is 4.96. The SMILES string of the molecule is Cc1cccc(N2CCN(C3=C(c4cccs4)C(=O)N(C)C3=O)CC2)c1C. The quantitative estimate of drug-likeness (QED) is 0.767. The van der Waals surface area contributed by atoms with E-state index < -0.39 is 0 Å². The van der Waals surface area contributed by atoms with Gasteiger partial charge in [0.25, 0.3) is 11.8 Å². The van der Waals surface area contributed by atoms with E-state index >= 15 is 0 Å². The van der Waals surface area contributed by atoms with Gasteiger partial charge in [-0.3, -0.25) is 14.5 Å². The Hall–Kier alpha value is -2.60. The van der Waals surface area contributed by atoms with Crippen LogP contribution in [0.15, 0.2) is 41.4 Å². The van der Waals surface area contributed by atoms with Crippen molar-refractivity contribution in [3.63, 3.8) is 0 Å². The van der Waals surface area contributed by atoms with Crippen LogP contribution in [0.1, 0.15) is 16.0 Å². The fourth-order valence-electron chi connectivity index (χ4n) is 3.81. The predicted octanol–water partition coefficient (Wildman–Crippen LogP) is 2.90. The molecule has 27 heavy (non-hydrogen) atoms. The first-order valence-corrected chi connectivity index (χ1v) is 10.0. The molecule has 1 aromatic carbocycles. The molecule has 140 valence electrons. The van der Waals surface area contributed by atoms with Gasteiger partial charge in [-0.25, -0.2) is 0 Å². The summed E-state index contributed by atoms with van der Waals surface area (Å²) in [5, 5.41) is 1.94. The van der Waals surface area contributed by atoms with Crippen molar-refractivity contribution in [1.29, 1.82) is 0 Å². The summed E-state index contributed by atoms with van der Waals surface area (Å²) in [5.74, 6) is -0.391. The molecule has 2 aliphatic rings. The van der Waals surface area contributed by atoms with Crippen LogP contribution in [0.4, 0.5) is 5.69 Å². The summed E-state index contributed by atoms with van der Waals surface area (Å²) in [6.07, 6.45) is 0. The summed E-state index contributed by atoms with van der Waals surface area (Å²) < 4.78 is 0. The number of aryl methyl sites for hydroxylation is 1. The number of rotatable bonds is 3. The van der Waals surface area contributed by atoms with Gasteiger partial charge in [-0.05, 0) is 42.5 Å². The zero-order chi connectivity index (χ0) is 19.1. The van der Waals surface area contributed by atoms with Gasteiger partial charge in [0.05, 0.1) is 5.57 Å². The van der Waals surface area contributed by atoms with Crippen molar-refractivity contribution in [2.24, 2.45) is 0 Å². The Morgan fingerprint density at radius 2 is 1.59 bits per heavy atom. The molecule has 4 rings (SSSR count). The van der Waals surface area contributed by atoms with E-state index in [1.165, 1.54) is 33.1 Å². The standard InChI is InChI=1S/C21H23N3O2S/c1-14-6-4-7-16(15(14)2)23-9-11-24(12-10-23)19-18(17-8-5-13-27-17)20(25)22(3)21(19)26/h4-8,13H,9-12H2,1-3H3. The number of carbonyl (C=O) groups is 2. The van der Waals surface area contributed by atoms with Crippen LogP contribution in [-0.2, 0) is 9.59 Å². The lowest BCUT2D eigenvalue weighted by molar-refractivity contribution is -0.135. The molecule has 3 heterocycles. The number of nitrogens with zero attached hydrogens (tertiary/aromatic N) is 3. The van der Waals surface area contributed by atoms with Crippen LogP contribution < -0.4 is 4.90 Å². The molecule has 6 heteroatoms. The highest BCUT2D eigenvalue weighted by Gasteiger charge is 2.40. The van der Waals surface area contributed by atoms with Crippen LogP contribution in [0.3, 0.4) is 0 Å². The Bertz CT molecular complexity index is 925. The molecule has 0 spiro atoms. The average molecular weight is 382 g/mol. The lowest BCUT2D eigenvalue weighted by Gasteiger charge is -2.38. The summed E-state index contributed by atoms with van der Waals surface area (Å²) in [7, 11) is 1.57. The lowest BCUT2D eigenvalue weighted by Crippen LogP contribution is -2.47. The second kappa shape index (κ2) is 6.85. The summed E-state index contributed by atoms with van der Waals surface area (Å²) in [4.78, 5) is 32.0. The average Bonchev–Trinajstić information content (AvgIpc) is 3.27. The maximum atomic E-state index is 12.8. The highest BCUT2D eigenvalue weighted by atomic mass is 32.1. The minimum atomic E-state index is -0.200. The molecule has 0 bridgehead atoms. The third-order valence-corrected chi connectivity index (χ3v) is 6.43. The van der Waals surface area contributed by atoms with E-state index in [1.807, 2.05) is 17.5 Å². The molecule has 0 unspecified atom stereocenters. The number of imide groups is 1. The maximum absolute atomic E-state index is 12.8. The Balaban J connectivity index is 1.60. The molecular weight excluding hydrogens is 358 g/mol. The van der Waals surface area contributed by atoms with E-state index in [9.17, 15) is 9.59 Å². The molecule has 0 aliphatic carbocycles. The number of anilines is 1. The molecule has 2 amide bonds. The molecule has 0 radical (unpaired) electrons. The minimum absolute atomic E-state index is 0.191. The van der Waals surface area contributed by atoms with E-state index in [0.717, 1.165) is 31.1 Å². The number of hydrogen-bond acceptors (Lipinski definition) is 5. The molecule has 2 aromatic rings. The number of thiophene rings is 1. The molecular formula is C21H23N3O2S. The first-order valence-electron chi connectivity index (χ1n) is 9.15. The molecule has 5 nitrogen and oxygen atoms in total. The second-order valence-corrected chi connectivity index (χ2v) is 8.01. The summed E-state index contributed by atoms with van der Waals surface area (Å²) >= 11 is 1.50. The van der Waals surface area contributed by atoms with Crippen LogP contribution >= 0.6 is 11.3 Å². The van der Waals surface area contributed by atoms with Crippen LogP contribution in [0.25, 0.3) is 5.57 Å². The van der Waals surface area contributed by atoms with Crippen molar-refractivity contribution in [2.75, 3.05) is 38.1 Å². The van der Waals surface area contributed by atoms with Crippen molar-refractivity contribution >= 4 is 34.4 Å². The molecule has 0 N–H and O–H groups in total. The van der Waals surface area contributed by atoms with Crippen LogP contribution in [0, 0.1) is 13.8 Å². The van der Waals surface area contributed by atoms with Crippen LogP contribution in [0.5, 0.6) is 0 Å². The molecule has 2 aliphatic heterocycles. The van der Waals surface area contributed by atoms with E-state index in [2.05, 4.69) is 41.8 Å². The lowest BCUT2D eigenvalue weighted by atomic mass is 10.1. The number of benzene rings is 1. The van der Waals surface area contributed by atoms with Crippen LogP contribution in [-0.4, -0.2) is 54.8 Å². The Labute approximate surface area is 163 Å². The van der Waals surface area contributed by atoms with Crippen molar-refractivity contribution < 1.29 is 9.59 Å². The van der Waals surface area contributed by atoms with E-state index in [-0.39, 0.29) is 11.8 Å². The molecule has 1 saturated heterocycles. The van der Waals surface area contributed by atoms with Gasteiger partial charge in [-0.1, -0.05) is 18.2 Å². The largest absolute Gasteiger partial charge is 0.368 e. The number of likely N-dealkylation sites (N-methyl/N-ethyl adjacent to an activating group) is 1. The molecule has 1 fully saturated rings. The highest BCUT2D eigenvalue weighted by Crippen LogP contribution is 2.34. The number of piperazine rings is 1. The van der Waals surface area contributed by atoms with Crippen molar-refractivity contribution in [3.05, 3.63) is 57.4 Å². The normalized spacial score (nSPS) is 18.1. The minimum Gasteiger partial charge on any atom is -0.368 e. The van der Waals surface area contributed by atoms with Gasteiger partial charge in [0.1, 0.15) is 5.70 Å². The van der Waals surface area contributed by atoms with Gasteiger partial charge in [0.2, 0.25) is 0 Å². The van der Waals surface area contributed by atoms with Crippen LogP contribution in [0.2, 0.25) is 0 Å². The molecule has 0 saturated carbocycles. The van der Waals surface area contributed by atoms with Gasteiger partial charge >= 0.3 is 0 Å². The summed E-state index contributed by atoms with van der Waals surface area (Å²) in [6, 6.07) is 10.2. The third kappa shape index (κ3) is 2.94.